The Kier molecular flexibility index (Phi) is 9.66. The predicted molar refractivity (Wildman–Crippen MR) is 79.7 cm³/mol. The molecule has 0 rings (SSSR count). The maximum Gasteiger partial charge on any atom is 0.424 e. The van der Waals surface area contributed by atoms with E-state index in [2.05, 4.69) is 6.92 Å². The number of amides is 1. The number of unbranched alkanes of at least 4 members (excludes halogenated alkanes) is 7. The van der Waals surface area contributed by atoms with E-state index in [1.807, 2.05) is 20.8 Å². The molecule has 1 amide bonds. The van der Waals surface area contributed by atoms with Gasteiger partial charge in [-0.1, -0.05) is 51.9 Å². The fourth-order valence-corrected chi connectivity index (χ4v) is 1.83. The van der Waals surface area contributed by atoms with E-state index in [1.165, 1.54) is 43.5 Å². The van der Waals surface area contributed by atoms with Crippen molar-refractivity contribution in [2.45, 2.75) is 84.7 Å². The zero-order valence-corrected chi connectivity index (χ0v) is 13.2. The summed E-state index contributed by atoms with van der Waals surface area (Å²) in [4.78, 5) is 11.6. The molecule has 0 aromatic heterocycles. The lowest BCUT2D eigenvalue weighted by Gasteiger charge is -2.24. The number of nitrogens with zero attached hydrogens (tertiary/aromatic N) is 1. The van der Waals surface area contributed by atoms with Crippen LogP contribution in [0.1, 0.15) is 79.1 Å². The van der Waals surface area contributed by atoms with Crippen LogP contribution in [0.4, 0.5) is 4.79 Å². The van der Waals surface area contributed by atoms with Gasteiger partial charge in [0.15, 0.2) is 0 Å². The lowest BCUT2D eigenvalue weighted by molar-refractivity contribution is 0.0244. The normalized spacial score (nSPS) is 11.4. The van der Waals surface area contributed by atoms with Crippen LogP contribution in [0.25, 0.3) is 0 Å². The molecular weight excluding hydrogens is 240 g/mol. The molecule has 0 unspecified atom stereocenters. The molecule has 114 valence electrons. The van der Waals surface area contributed by atoms with Crippen molar-refractivity contribution in [3.63, 3.8) is 0 Å². The molecule has 0 fully saturated rings. The van der Waals surface area contributed by atoms with Crippen LogP contribution in [0.3, 0.4) is 0 Å². The third-order valence-corrected chi connectivity index (χ3v) is 2.88. The quantitative estimate of drug-likeness (QED) is 0.295. The van der Waals surface area contributed by atoms with Crippen molar-refractivity contribution >= 4 is 6.09 Å². The van der Waals surface area contributed by atoms with Crippen LogP contribution in [-0.2, 0) is 4.74 Å². The fraction of sp³-hybridized carbons (Fsp3) is 0.933. The van der Waals surface area contributed by atoms with Gasteiger partial charge in [-0.25, -0.2) is 15.6 Å². The summed E-state index contributed by atoms with van der Waals surface area (Å²) in [6.07, 6.45) is 9.46. The fourth-order valence-electron chi connectivity index (χ4n) is 1.83. The predicted octanol–water partition coefficient (Wildman–Crippen LogP) is 4.24. The average molecular weight is 272 g/mol. The minimum absolute atomic E-state index is 0.435. The minimum Gasteiger partial charge on any atom is -0.443 e. The summed E-state index contributed by atoms with van der Waals surface area (Å²) in [6.45, 7) is 8.33. The second kappa shape index (κ2) is 10.1. The zero-order valence-electron chi connectivity index (χ0n) is 13.2. The van der Waals surface area contributed by atoms with Crippen molar-refractivity contribution in [2.75, 3.05) is 6.54 Å². The molecule has 2 N–H and O–H groups in total. The van der Waals surface area contributed by atoms with Crippen LogP contribution >= 0.6 is 0 Å². The first-order valence-corrected chi connectivity index (χ1v) is 7.62. The van der Waals surface area contributed by atoms with Crippen molar-refractivity contribution in [1.29, 1.82) is 0 Å². The first-order valence-electron chi connectivity index (χ1n) is 7.62. The summed E-state index contributed by atoms with van der Waals surface area (Å²) in [7, 11) is 0. The summed E-state index contributed by atoms with van der Waals surface area (Å²) in [5, 5.41) is 1.18. The highest BCUT2D eigenvalue weighted by molar-refractivity contribution is 5.67. The molecule has 0 saturated heterocycles. The van der Waals surface area contributed by atoms with Crippen LogP contribution in [0.2, 0.25) is 0 Å². The minimum atomic E-state index is -0.478. The Labute approximate surface area is 118 Å². The summed E-state index contributed by atoms with van der Waals surface area (Å²) in [5.74, 6) is 5.66. The third kappa shape index (κ3) is 12.0. The van der Waals surface area contributed by atoms with Gasteiger partial charge in [-0.15, -0.1) is 0 Å². The molecule has 0 aromatic rings. The van der Waals surface area contributed by atoms with Gasteiger partial charge in [0.2, 0.25) is 0 Å². The van der Waals surface area contributed by atoms with E-state index in [9.17, 15) is 4.79 Å². The maximum absolute atomic E-state index is 11.6. The Morgan fingerprint density at radius 1 is 1.00 bits per heavy atom. The van der Waals surface area contributed by atoms with Gasteiger partial charge in [0.1, 0.15) is 5.60 Å². The molecule has 0 radical (unpaired) electrons. The van der Waals surface area contributed by atoms with Gasteiger partial charge in [-0.2, -0.15) is 0 Å². The Balaban J connectivity index is 3.48. The highest BCUT2D eigenvalue weighted by Crippen LogP contribution is 2.10. The number of hydrogen-bond donors (Lipinski definition) is 1. The van der Waals surface area contributed by atoms with Gasteiger partial charge in [-0.3, -0.25) is 0 Å². The lowest BCUT2D eigenvalue weighted by Crippen LogP contribution is -2.41. The molecule has 4 heteroatoms. The number of hydrazine groups is 1. The molecule has 0 aliphatic carbocycles. The van der Waals surface area contributed by atoms with Gasteiger partial charge in [0, 0.05) is 6.54 Å². The second-order valence-corrected chi connectivity index (χ2v) is 6.15. The molecule has 0 spiro atoms. The highest BCUT2D eigenvalue weighted by Gasteiger charge is 2.19. The standard InChI is InChI=1S/C15H32N2O2/c1-5-6-7-8-9-10-11-12-13-17(16)14(18)19-15(2,3)4/h5-13,16H2,1-4H3. The van der Waals surface area contributed by atoms with E-state index in [-0.39, 0.29) is 0 Å². The molecular formula is C15H32N2O2. The molecule has 0 aromatic carbocycles. The van der Waals surface area contributed by atoms with Gasteiger partial charge >= 0.3 is 6.09 Å². The maximum atomic E-state index is 11.6. The molecule has 0 saturated carbocycles. The van der Waals surface area contributed by atoms with E-state index in [0.29, 0.717) is 6.54 Å². The number of carbonyl (C=O) groups excluding carboxylic acids is 1. The summed E-state index contributed by atoms with van der Waals surface area (Å²) < 4.78 is 5.18. The van der Waals surface area contributed by atoms with E-state index in [0.717, 1.165) is 12.8 Å². The van der Waals surface area contributed by atoms with Gasteiger partial charge in [-0.05, 0) is 27.2 Å². The number of ether oxygens (including phenoxy) is 1. The van der Waals surface area contributed by atoms with Crippen LogP contribution in [-0.4, -0.2) is 23.2 Å². The third-order valence-electron chi connectivity index (χ3n) is 2.88. The van der Waals surface area contributed by atoms with Crippen molar-refractivity contribution in [2.24, 2.45) is 5.84 Å². The van der Waals surface area contributed by atoms with Crippen LogP contribution in [0.15, 0.2) is 0 Å². The Morgan fingerprint density at radius 3 is 1.95 bits per heavy atom. The smallest absolute Gasteiger partial charge is 0.424 e. The number of nitrogens with two attached hydrogens (primary N) is 1. The van der Waals surface area contributed by atoms with Crippen LogP contribution in [0, 0.1) is 0 Å². The number of hydrogen-bond acceptors (Lipinski definition) is 3. The van der Waals surface area contributed by atoms with Gasteiger partial charge in [0.05, 0.1) is 0 Å². The zero-order chi connectivity index (χ0) is 14.7. The van der Waals surface area contributed by atoms with E-state index in [1.54, 1.807) is 0 Å². The first kappa shape index (κ1) is 18.2. The summed E-state index contributed by atoms with van der Waals surface area (Å²) in [5.41, 5.74) is -0.478. The molecule has 0 atom stereocenters. The van der Waals surface area contributed by atoms with Crippen molar-refractivity contribution in [3.05, 3.63) is 0 Å². The Bertz CT molecular complexity index is 237. The van der Waals surface area contributed by atoms with Crippen LogP contribution < -0.4 is 5.84 Å². The van der Waals surface area contributed by atoms with E-state index in [4.69, 9.17) is 10.6 Å². The SMILES string of the molecule is CCCCCCCCCCN(N)C(=O)OC(C)(C)C. The topological polar surface area (TPSA) is 55.6 Å². The monoisotopic (exact) mass is 272 g/mol. The van der Waals surface area contributed by atoms with E-state index < -0.39 is 11.7 Å². The number of rotatable bonds is 9. The van der Waals surface area contributed by atoms with Crippen LogP contribution in [0.5, 0.6) is 0 Å². The van der Waals surface area contributed by atoms with Gasteiger partial charge < -0.3 is 4.74 Å². The largest absolute Gasteiger partial charge is 0.443 e. The molecule has 0 aliphatic rings. The van der Waals surface area contributed by atoms with Crippen molar-refractivity contribution < 1.29 is 9.53 Å². The molecule has 4 nitrogen and oxygen atoms in total. The summed E-state index contributed by atoms with van der Waals surface area (Å²) in [6, 6.07) is 0. The Morgan fingerprint density at radius 2 is 1.47 bits per heavy atom. The first-order chi connectivity index (χ1) is 8.87. The number of carbonyl (C=O) groups is 1. The van der Waals surface area contributed by atoms with E-state index >= 15 is 0 Å². The summed E-state index contributed by atoms with van der Waals surface area (Å²) >= 11 is 0. The van der Waals surface area contributed by atoms with Crippen molar-refractivity contribution in [3.8, 4) is 0 Å². The molecule has 0 aliphatic heterocycles. The molecule has 19 heavy (non-hydrogen) atoms. The average Bonchev–Trinajstić information content (AvgIpc) is 2.30. The lowest BCUT2D eigenvalue weighted by atomic mass is 10.1. The molecule has 0 bridgehead atoms. The molecule has 0 heterocycles. The van der Waals surface area contributed by atoms with Crippen molar-refractivity contribution in [1.82, 2.24) is 5.01 Å². The second-order valence-electron chi connectivity index (χ2n) is 6.15. The van der Waals surface area contributed by atoms with Gasteiger partial charge in [0.25, 0.3) is 0 Å². The Hall–Kier alpha value is -0.770. The highest BCUT2D eigenvalue weighted by atomic mass is 16.6.